The van der Waals surface area contributed by atoms with Crippen molar-refractivity contribution < 1.29 is 27.9 Å². The molecule has 2 aromatic carbocycles. The first-order valence-electron chi connectivity index (χ1n) is 11.9. The van der Waals surface area contributed by atoms with Gasteiger partial charge in [-0.3, -0.25) is 9.69 Å². The summed E-state index contributed by atoms with van der Waals surface area (Å²) in [7, 11) is -3.23. The van der Waals surface area contributed by atoms with Crippen molar-refractivity contribution in [2.45, 2.75) is 32.1 Å². The fraction of sp³-hybridized carbons (Fsp3) is 0.346. The van der Waals surface area contributed by atoms with Crippen LogP contribution in [-0.2, 0) is 20.4 Å². The van der Waals surface area contributed by atoms with Crippen molar-refractivity contribution >= 4 is 38.6 Å². The second-order valence-corrected chi connectivity index (χ2v) is 11.6. The number of carboxylic acid groups (broad SMARTS) is 1. The number of nitrogens with zero attached hydrogens (tertiary/aromatic N) is 2. The Balaban J connectivity index is 1.80. The number of nitrogens with two attached hydrogens (primary N) is 1. The number of nitrogens with one attached hydrogen (secondary N) is 1. The minimum absolute atomic E-state index is 0.0192. The number of H-pyrrole nitrogens is 1. The molecule has 1 aliphatic rings. The number of benzene rings is 2. The van der Waals surface area contributed by atoms with E-state index in [2.05, 4.69) is 4.98 Å². The van der Waals surface area contributed by atoms with Crippen LogP contribution in [0.25, 0.3) is 22.0 Å². The number of para-hydroxylation sites is 1. The lowest BCUT2D eigenvalue weighted by atomic mass is 9.96. The summed E-state index contributed by atoms with van der Waals surface area (Å²) >= 11 is 0. The number of aromatic nitrogens is 1. The molecule has 0 saturated carbocycles. The third-order valence-corrected chi connectivity index (χ3v) is 7.51. The highest BCUT2D eigenvalue weighted by molar-refractivity contribution is 7.89. The van der Waals surface area contributed by atoms with Crippen LogP contribution in [0.1, 0.15) is 46.6 Å². The normalized spacial score (nSPS) is 15.1. The van der Waals surface area contributed by atoms with Gasteiger partial charge in [0.05, 0.1) is 17.3 Å². The number of rotatable bonds is 9. The summed E-state index contributed by atoms with van der Waals surface area (Å²) < 4.78 is 23.5. The number of carbonyl (C=O) groups excluding carboxylic acids is 2. The molecule has 196 valence electrons. The predicted molar refractivity (Wildman–Crippen MR) is 140 cm³/mol. The molecule has 0 aliphatic carbocycles. The molecule has 1 aliphatic heterocycles. The number of aryl methyl sites for hydroxylation is 1. The van der Waals surface area contributed by atoms with Gasteiger partial charge in [0.25, 0.3) is 5.91 Å². The van der Waals surface area contributed by atoms with Crippen LogP contribution in [0.15, 0.2) is 36.4 Å². The van der Waals surface area contributed by atoms with E-state index in [-0.39, 0.29) is 23.9 Å². The molecule has 0 radical (unpaired) electrons. The molecule has 0 bridgehead atoms. The van der Waals surface area contributed by atoms with Crippen LogP contribution in [0.4, 0.5) is 4.79 Å². The Kier molecular flexibility index (Phi) is 7.11. The molecular formula is C26H30N4O6S. The molecule has 4 N–H and O–H groups in total. The first-order valence-corrected chi connectivity index (χ1v) is 14.0. The van der Waals surface area contributed by atoms with Crippen molar-refractivity contribution in [3.8, 4) is 11.1 Å². The van der Waals surface area contributed by atoms with Gasteiger partial charge in [0.2, 0.25) is 0 Å². The van der Waals surface area contributed by atoms with Gasteiger partial charge in [-0.25, -0.2) is 18.0 Å². The number of sulfone groups is 1. The van der Waals surface area contributed by atoms with Gasteiger partial charge in [0.15, 0.2) is 9.84 Å². The van der Waals surface area contributed by atoms with Gasteiger partial charge in [-0.05, 0) is 49.1 Å². The minimum Gasteiger partial charge on any atom is -0.477 e. The highest BCUT2D eigenvalue weighted by atomic mass is 32.2. The summed E-state index contributed by atoms with van der Waals surface area (Å²) in [6.07, 6.45) is 1.75. The van der Waals surface area contributed by atoms with Crippen molar-refractivity contribution in [2.24, 2.45) is 5.73 Å². The fourth-order valence-electron chi connectivity index (χ4n) is 4.89. The van der Waals surface area contributed by atoms with Crippen LogP contribution < -0.4 is 5.73 Å². The average Bonchev–Trinajstić information content (AvgIpc) is 3.35. The SMILES string of the molecule is Cc1cc(-c2c(C(=O)O)[nH]c3c(C(C)N4C(=O)CN(CCCN)C4=O)cccc23)ccc1CS(C)(=O)=O. The number of aromatic amines is 1. The van der Waals surface area contributed by atoms with Gasteiger partial charge >= 0.3 is 12.0 Å². The molecule has 3 amide bonds. The van der Waals surface area contributed by atoms with E-state index >= 15 is 0 Å². The molecule has 4 rings (SSSR count). The fourth-order valence-corrected chi connectivity index (χ4v) is 5.78. The quantitative estimate of drug-likeness (QED) is 0.362. The predicted octanol–water partition coefficient (Wildman–Crippen LogP) is 3.06. The van der Waals surface area contributed by atoms with Crippen LogP contribution in [0, 0.1) is 6.92 Å². The Morgan fingerprint density at radius 1 is 1.22 bits per heavy atom. The summed E-state index contributed by atoms with van der Waals surface area (Å²) in [6.45, 7) is 4.30. The lowest BCUT2D eigenvalue weighted by Crippen LogP contribution is -2.36. The van der Waals surface area contributed by atoms with Crippen molar-refractivity contribution in [3.05, 3.63) is 58.8 Å². The zero-order valence-corrected chi connectivity index (χ0v) is 21.8. The third-order valence-electron chi connectivity index (χ3n) is 6.67. The summed E-state index contributed by atoms with van der Waals surface area (Å²) in [4.78, 5) is 43.7. The van der Waals surface area contributed by atoms with Crippen LogP contribution in [0.2, 0.25) is 0 Å². The number of fused-ring (bicyclic) bond motifs is 1. The number of urea groups is 1. The maximum Gasteiger partial charge on any atom is 0.352 e. The molecule has 37 heavy (non-hydrogen) atoms. The van der Waals surface area contributed by atoms with E-state index in [0.29, 0.717) is 52.7 Å². The average molecular weight is 527 g/mol. The van der Waals surface area contributed by atoms with E-state index in [9.17, 15) is 27.9 Å². The first-order chi connectivity index (χ1) is 17.4. The van der Waals surface area contributed by atoms with Gasteiger partial charge in [-0.15, -0.1) is 0 Å². The lowest BCUT2D eigenvalue weighted by molar-refractivity contribution is -0.126. The molecule has 1 fully saturated rings. The van der Waals surface area contributed by atoms with Gasteiger partial charge in [-0.2, -0.15) is 0 Å². The molecule has 1 atom stereocenters. The van der Waals surface area contributed by atoms with Gasteiger partial charge in [0.1, 0.15) is 12.2 Å². The molecule has 11 heteroatoms. The van der Waals surface area contributed by atoms with Crippen molar-refractivity contribution in [2.75, 3.05) is 25.9 Å². The van der Waals surface area contributed by atoms with E-state index in [1.807, 2.05) is 0 Å². The second kappa shape index (κ2) is 9.98. The number of amides is 3. The minimum atomic E-state index is -3.23. The maximum absolute atomic E-state index is 13.0. The number of hydrogen-bond donors (Lipinski definition) is 3. The topological polar surface area (TPSA) is 154 Å². The largest absolute Gasteiger partial charge is 0.477 e. The summed E-state index contributed by atoms with van der Waals surface area (Å²) in [5, 5.41) is 10.6. The summed E-state index contributed by atoms with van der Waals surface area (Å²) in [5.74, 6) is -1.60. The highest BCUT2D eigenvalue weighted by Gasteiger charge is 2.39. The Bertz CT molecular complexity index is 1510. The van der Waals surface area contributed by atoms with Crippen LogP contribution in [0.3, 0.4) is 0 Å². The molecule has 1 saturated heterocycles. The monoisotopic (exact) mass is 526 g/mol. The highest BCUT2D eigenvalue weighted by Crippen LogP contribution is 2.38. The maximum atomic E-state index is 13.0. The van der Waals surface area contributed by atoms with E-state index < -0.39 is 27.9 Å². The van der Waals surface area contributed by atoms with Gasteiger partial charge in [-0.1, -0.05) is 36.4 Å². The van der Waals surface area contributed by atoms with Crippen molar-refractivity contribution in [3.63, 3.8) is 0 Å². The van der Waals surface area contributed by atoms with E-state index in [1.165, 1.54) is 16.1 Å². The molecule has 3 aromatic rings. The number of hydrogen-bond acceptors (Lipinski definition) is 6. The molecule has 0 spiro atoms. The lowest BCUT2D eigenvalue weighted by Gasteiger charge is -2.24. The van der Waals surface area contributed by atoms with E-state index in [0.717, 1.165) is 5.56 Å². The Hall–Kier alpha value is -3.70. The molecule has 1 unspecified atom stereocenters. The van der Waals surface area contributed by atoms with Gasteiger partial charge in [0, 0.05) is 23.8 Å². The van der Waals surface area contributed by atoms with Crippen LogP contribution >= 0.6 is 0 Å². The number of aromatic carboxylic acids is 1. The van der Waals surface area contributed by atoms with Crippen molar-refractivity contribution in [1.29, 1.82) is 0 Å². The van der Waals surface area contributed by atoms with E-state index in [4.69, 9.17) is 5.73 Å². The molecule has 2 heterocycles. The van der Waals surface area contributed by atoms with Crippen molar-refractivity contribution in [1.82, 2.24) is 14.8 Å². The zero-order chi connectivity index (χ0) is 27.1. The molecular weight excluding hydrogens is 496 g/mol. The summed E-state index contributed by atoms with van der Waals surface area (Å²) in [5.41, 5.74) is 9.08. The van der Waals surface area contributed by atoms with E-state index in [1.54, 1.807) is 50.2 Å². The third kappa shape index (κ3) is 5.09. The smallest absolute Gasteiger partial charge is 0.352 e. The standard InChI is InChI=1S/C26H30N4O6S/c1-15-12-17(8-9-18(15)14-37(3,35)36)22-20-7-4-6-19(23(20)28-24(22)25(32)33)16(2)30-21(31)13-29(26(30)34)11-5-10-27/h4,6-9,12,16,28H,5,10-11,13-14,27H2,1-3H3,(H,32,33). The Morgan fingerprint density at radius 2 is 1.95 bits per heavy atom. The molecule has 1 aromatic heterocycles. The zero-order valence-electron chi connectivity index (χ0n) is 20.9. The summed E-state index contributed by atoms with van der Waals surface area (Å²) in [6, 6.07) is 9.45. The second-order valence-electron chi connectivity index (χ2n) is 9.45. The first kappa shape index (κ1) is 26.4. The molecule has 10 nitrogen and oxygen atoms in total. The van der Waals surface area contributed by atoms with Crippen LogP contribution in [0.5, 0.6) is 0 Å². The Morgan fingerprint density at radius 3 is 2.57 bits per heavy atom. The van der Waals surface area contributed by atoms with Crippen LogP contribution in [-0.4, -0.2) is 72.1 Å². The number of carbonyl (C=O) groups is 3. The van der Waals surface area contributed by atoms with Gasteiger partial charge < -0.3 is 20.7 Å². The number of carboxylic acids is 1. The Labute approximate surface area is 215 Å². The number of imide groups is 1.